The lowest BCUT2D eigenvalue weighted by Gasteiger charge is -2.04. The van der Waals surface area contributed by atoms with Crippen LogP contribution in [0.25, 0.3) is 0 Å². The Morgan fingerprint density at radius 3 is 3.06 bits per heavy atom. The first kappa shape index (κ1) is 12.7. The lowest BCUT2D eigenvalue weighted by molar-refractivity contribution is -0.119. The van der Waals surface area contributed by atoms with E-state index in [2.05, 4.69) is 15.6 Å². The Morgan fingerprint density at radius 2 is 2.39 bits per heavy atom. The van der Waals surface area contributed by atoms with E-state index in [1.807, 2.05) is 0 Å². The van der Waals surface area contributed by atoms with E-state index in [4.69, 9.17) is 4.42 Å². The number of thioether (sulfide) groups is 1. The minimum atomic E-state index is -0.246. The predicted octanol–water partition coefficient (Wildman–Crippen LogP) is 0.618. The average molecular weight is 267 g/mol. The smallest absolute Gasteiger partial charge is 0.254 e. The van der Waals surface area contributed by atoms with Gasteiger partial charge in [0.1, 0.15) is 6.26 Å². The molecule has 0 aliphatic carbocycles. The molecule has 6 nitrogen and oxygen atoms in total. The third kappa shape index (κ3) is 3.63. The molecule has 7 heteroatoms. The molecule has 0 atom stereocenters. The fraction of sp³-hybridized carbons (Fsp3) is 0.364. The largest absolute Gasteiger partial charge is 0.472 e. The summed E-state index contributed by atoms with van der Waals surface area (Å²) in [4.78, 5) is 27.1. The molecule has 0 fully saturated rings. The number of carbonyl (C=O) groups excluding carboxylic acids is 2. The molecule has 1 aliphatic rings. The second kappa shape index (κ2) is 6.25. The van der Waals surface area contributed by atoms with E-state index in [1.165, 1.54) is 24.3 Å². The van der Waals surface area contributed by atoms with Gasteiger partial charge >= 0.3 is 0 Å². The lowest BCUT2D eigenvalue weighted by Crippen LogP contribution is -2.32. The fourth-order valence-corrected chi connectivity index (χ4v) is 2.12. The molecule has 0 saturated carbocycles. The van der Waals surface area contributed by atoms with Crippen LogP contribution in [0, 0.1) is 0 Å². The number of amidine groups is 1. The van der Waals surface area contributed by atoms with E-state index in [0.29, 0.717) is 10.7 Å². The van der Waals surface area contributed by atoms with Crippen LogP contribution >= 0.6 is 11.8 Å². The first-order valence-electron chi connectivity index (χ1n) is 5.53. The predicted molar refractivity (Wildman–Crippen MR) is 68.6 cm³/mol. The number of hydrogen-bond donors (Lipinski definition) is 2. The van der Waals surface area contributed by atoms with E-state index >= 15 is 0 Å². The first-order valence-corrected chi connectivity index (χ1v) is 6.52. The minimum Gasteiger partial charge on any atom is -0.472 e. The Morgan fingerprint density at radius 1 is 1.50 bits per heavy atom. The van der Waals surface area contributed by atoms with Crippen molar-refractivity contribution in [3.8, 4) is 0 Å². The minimum absolute atomic E-state index is 0.143. The number of rotatable bonds is 4. The van der Waals surface area contributed by atoms with Gasteiger partial charge in [-0.2, -0.15) is 0 Å². The summed E-state index contributed by atoms with van der Waals surface area (Å²) in [5, 5.41) is 5.99. The van der Waals surface area contributed by atoms with Crippen LogP contribution in [0.15, 0.2) is 28.0 Å². The van der Waals surface area contributed by atoms with E-state index in [0.717, 1.165) is 12.3 Å². The van der Waals surface area contributed by atoms with Crippen molar-refractivity contribution >= 4 is 28.7 Å². The van der Waals surface area contributed by atoms with Crippen molar-refractivity contribution in [1.29, 1.82) is 0 Å². The summed E-state index contributed by atoms with van der Waals surface area (Å²) >= 11 is 1.53. The van der Waals surface area contributed by atoms with Gasteiger partial charge in [0.15, 0.2) is 5.17 Å². The third-order valence-corrected chi connectivity index (χ3v) is 3.14. The Hall–Kier alpha value is -1.76. The molecular weight excluding hydrogens is 254 g/mol. The molecule has 1 aromatic rings. The van der Waals surface area contributed by atoms with Gasteiger partial charge < -0.3 is 15.1 Å². The van der Waals surface area contributed by atoms with Crippen molar-refractivity contribution in [3.05, 3.63) is 24.2 Å². The zero-order chi connectivity index (χ0) is 12.8. The fourth-order valence-electron chi connectivity index (χ4n) is 1.38. The Kier molecular flexibility index (Phi) is 4.40. The maximum absolute atomic E-state index is 11.5. The maximum atomic E-state index is 11.5. The summed E-state index contributed by atoms with van der Waals surface area (Å²) in [6, 6.07) is 1.57. The van der Waals surface area contributed by atoms with Gasteiger partial charge in [0.2, 0.25) is 5.91 Å². The van der Waals surface area contributed by atoms with Crippen molar-refractivity contribution in [2.75, 3.05) is 18.8 Å². The molecule has 0 saturated heterocycles. The average Bonchev–Trinajstić information content (AvgIpc) is 3.00. The summed E-state index contributed by atoms with van der Waals surface area (Å²) in [6.45, 7) is 1.03. The summed E-state index contributed by atoms with van der Waals surface area (Å²) in [6.07, 6.45) is 3.01. The molecule has 0 aromatic carbocycles. The Labute approximate surface area is 108 Å². The summed E-state index contributed by atoms with van der Waals surface area (Å²) < 4.78 is 4.79. The van der Waals surface area contributed by atoms with Gasteiger partial charge in [0, 0.05) is 18.7 Å². The molecular formula is C11H13N3O3S. The van der Waals surface area contributed by atoms with Gasteiger partial charge in [-0.05, 0) is 6.07 Å². The van der Waals surface area contributed by atoms with Crippen molar-refractivity contribution < 1.29 is 14.0 Å². The van der Waals surface area contributed by atoms with Gasteiger partial charge in [0.05, 0.1) is 18.4 Å². The summed E-state index contributed by atoms with van der Waals surface area (Å²) in [7, 11) is 0. The summed E-state index contributed by atoms with van der Waals surface area (Å²) in [5.74, 6) is 0.520. The van der Waals surface area contributed by atoms with Crippen LogP contribution in [0.2, 0.25) is 0 Å². The number of carbonyl (C=O) groups is 2. The van der Waals surface area contributed by atoms with Crippen molar-refractivity contribution in [2.45, 2.75) is 6.42 Å². The highest BCUT2D eigenvalue weighted by Crippen LogP contribution is 2.08. The number of amides is 2. The quantitative estimate of drug-likeness (QED) is 0.837. The number of nitrogens with zero attached hydrogens (tertiary/aromatic N) is 1. The topological polar surface area (TPSA) is 83.7 Å². The second-order valence-electron chi connectivity index (χ2n) is 3.60. The van der Waals surface area contributed by atoms with Gasteiger partial charge in [-0.3, -0.25) is 14.6 Å². The molecule has 0 bridgehead atoms. The van der Waals surface area contributed by atoms with Crippen LogP contribution in [-0.2, 0) is 4.79 Å². The van der Waals surface area contributed by atoms with Gasteiger partial charge in [-0.25, -0.2) is 0 Å². The molecule has 1 aromatic heterocycles. The van der Waals surface area contributed by atoms with Crippen LogP contribution in [-0.4, -0.2) is 35.8 Å². The lowest BCUT2D eigenvalue weighted by atomic mass is 10.3. The number of hydrogen-bond acceptors (Lipinski definition) is 5. The molecule has 2 rings (SSSR count). The van der Waals surface area contributed by atoms with Crippen LogP contribution in [0.4, 0.5) is 0 Å². The standard InChI is InChI=1S/C11H13N3O3S/c15-9(14-11-13-4-6-18-11)1-3-12-10(16)8-2-5-17-7-8/h2,5,7H,1,3-4,6H2,(H,12,16)(H,13,14,15). The van der Waals surface area contributed by atoms with E-state index < -0.39 is 0 Å². The van der Waals surface area contributed by atoms with Crippen LogP contribution in [0.1, 0.15) is 16.8 Å². The molecule has 0 spiro atoms. The zero-order valence-electron chi connectivity index (χ0n) is 9.64. The van der Waals surface area contributed by atoms with E-state index in [1.54, 1.807) is 6.07 Å². The van der Waals surface area contributed by atoms with Crippen LogP contribution in [0.3, 0.4) is 0 Å². The molecule has 96 valence electrons. The number of nitrogens with one attached hydrogen (secondary N) is 2. The maximum Gasteiger partial charge on any atom is 0.254 e. The molecule has 1 aliphatic heterocycles. The number of aliphatic imine (C=N–C) groups is 1. The van der Waals surface area contributed by atoms with Gasteiger partial charge in [-0.15, -0.1) is 0 Å². The van der Waals surface area contributed by atoms with Gasteiger partial charge in [0.25, 0.3) is 5.91 Å². The zero-order valence-corrected chi connectivity index (χ0v) is 10.5. The van der Waals surface area contributed by atoms with E-state index in [9.17, 15) is 9.59 Å². The Bertz CT molecular complexity index is 456. The van der Waals surface area contributed by atoms with Gasteiger partial charge in [-0.1, -0.05) is 11.8 Å². The van der Waals surface area contributed by atoms with Crippen molar-refractivity contribution in [2.24, 2.45) is 4.99 Å². The Balaban J connectivity index is 1.66. The van der Waals surface area contributed by atoms with E-state index in [-0.39, 0.29) is 24.8 Å². The first-order chi connectivity index (χ1) is 8.75. The molecule has 2 heterocycles. The second-order valence-corrected chi connectivity index (χ2v) is 4.69. The molecule has 18 heavy (non-hydrogen) atoms. The monoisotopic (exact) mass is 267 g/mol. The van der Waals surface area contributed by atoms with Crippen LogP contribution in [0.5, 0.6) is 0 Å². The molecule has 2 N–H and O–H groups in total. The molecule has 0 radical (unpaired) electrons. The normalized spacial score (nSPS) is 14.1. The third-order valence-electron chi connectivity index (χ3n) is 2.25. The highest BCUT2D eigenvalue weighted by atomic mass is 32.2. The molecule has 2 amide bonds. The van der Waals surface area contributed by atoms with Crippen molar-refractivity contribution in [3.63, 3.8) is 0 Å². The number of furan rings is 1. The van der Waals surface area contributed by atoms with Crippen LogP contribution < -0.4 is 10.6 Å². The summed E-state index contributed by atoms with van der Waals surface area (Å²) in [5.41, 5.74) is 0.450. The SMILES string of the molecule is O=C(CCNC(=O)c1ccoc1)NC1=NCCS1. The highest BCUT2D eigenvalue weighted by molar-refractivity contribution is 8.14. The highest BCUT2D eigenvalue weighted by Gasteiger charge is 2.11. The van der Waals surface area contributed by atoms with Crippen molar-refractivity contribution in [1.82, 2.24) is 10.6 Å². The molecule has 0 unspecified atom stereocenters.